The molecule has 29 heavy (non-hydrogen) atoms. The highest BCUT2D eigenvalue weighted by Gasteiger charge is 2.32. The van der Waals surface area contributed by atoms with E-state index in [1.54, 1.807) is 24.3 Å². The lowest BCUT2D eigenvalue weighted by Gasteiger charge is -2.22. The first-order valence-corrected chi connectivity index (χ1v) is 11.4. The smallest absolute Gasteiger partial charge is 0.395 e. The van der Waals surface area contributed by atoms with Gasteiger partial charge in [0.05, 0.1) is 6.61 Å². The molecule has 4 nitrogen and oxygen atoms in total. The molecule has 0 spiro atoms. The summed E-state index contributed by atoms with van der Waals surface area (Å²) in [4.78, 5) is 0. The molecule has 5 heteroatoms. The molecule has 152 valence electrons. The molecule has 0 aromatic heterocycles. The molecule has 0 N–H and O–H groups in total. The maximum Gasteiger partial charge on any atom is 0.587 e. The van der Waals surface area contributed by atoms with Crippen molar-refractivity contribution >= 4 is 7.82 Å². The van der Waals surface area contributed by atoms with Crippen LogP contribution in [0.15, 0.2) is 91.0 Å². The molecule has 0 heterocycles. The monoisotopic (exact) mass is 410 g/mol. The van der Waals surface area contributed by atoms with Crippen molar-refractivity contribution in [2.24, 2.45) is 0 Å². The minimum Gasteiger partial charge on any atom is -0.395 e. The fraction of sp³-hybridized carbons (Fsp3) is 0.250. The quantitative estimate of drug-likeness (QED) is 0.313. The molecular formula is C24H27O4P. The Bertz CT molecular complexity index is 839. The molecule has 0 aliphatic carbocycles. The molecule has 0 bridgehead atoms. The molecular weight excluding hydrogens is 383 g/mol. The highest BCUT2D eigenvalue weighted by Crippen LogP contribution is 2.50. The molecule has 0 aliphatic heterocycles. The second-order valence-corrected chi connectivity index (χ2v) is 8.32. The van der Waals surface area contributed by atoms with Crippen molar-refractivity contribution < 1.29 is 18.1 Å². The second kappa shape index (κ2) is 10.8. The predicted octanol–water partition coefficient (Wildman–Crippen LogP) is 7.24. The fourth-order valence-electron chi connectivity index (χ4n) is 3.00. The average Bonchev–Trinajstić information content (AvgIpc) is 2.76. The standard InChI is InChI=1S/C24H27O4P/c1-2-3-13-22(21-14-7-4-8-15-21)20-26-29(25,27-23-16-9-5-10-17-23)28-24-18-11-6-12-19-24/h4-12,14-19,22H,2-3,13,20H2,1H3. The molecule has 3 rings (SSSR count). The van der Waals surface area contributed by atoms with E-state index in [0.717, 1.165) is 24.8 Å². The Balaban J connectivity index is 1.78. The number of para-hydroxylation sites is 2. The summed E-state index contributed by atoms with van der Waals surface area (Å²) in [6, 6.07) is 28.1. The van der Waals surface area contributed by atoms with Crippen LogP contribution in [-0.4, -0.2) is 6.61 Å². The number of rotatable bonds is 11. The SMILES string of the molecule is CCCCC(COP(=O)(Oc1ccccc1)Oc1ccccc1)c1ccccc1. The number of unbranched alkanes of at least 4 members (excludes halogenated alkanes) is 1. The Kier molecular flexibility index (Phi) is 7.92. The Morgan fingerprint density at radius 3 is 1.72 bits per heavy atom. The molecule has 0 saturated heterocycles. The van der Waals surface area contributed by atoms with Crippen molar-refractivity contribution in [2.75, 3.05) is 6.61 Å². The molecule has 1 unspecified atom stereocenters. The average molecular weight is 410 g/mol. The Hall–Kier alpha value is -2.55. The van der Waals surface area contributed by atoms with Crippen LogP contribution < -0.4 is 9.05 Å². The van der Waals surface area contributed by atoms with Gasteiger partial charge >= 0.3 is 7.82 Å². The summed E-state index contributed by atoms with van der Waals surface area (Å²) >= 11 is 0. The number of hydrogen-bond donors (Lipinski definition) is 0. The summed E-state index contributed by atoms with van der Waals surface area (Å²) in [7, 11) is -3.87. The van der Waals surface area contributed by atoms with E-state index in [-0.39, 0.29) is 12.5 Å². The van der Waals surface area contributed by atoms with Crippen LogP contribution in [0.2, 0.25) is 0 Å². The zero-order valence-corrected chi connectivity index (χ0v) is 17.5. The number of phosphoric ester groups is 1. The number of phosphoric acid groups is 1. The van der Waals surface area contributed by atoms with Crippen LogP contribution in [0.1, 0.15) is 37.7 Å². The molecule has 0 aliphatic rings. The first-order chi connectivity index (χ1) is 14.2. The fourth-order valence-corrected chi connectivity index (χ4v) is 4.26. The van der Waals surface area contributed by atoms with E-state index in [2.05, 4.69) is 19.1 Å². The molecule has 0 radical (unpaired) electrons. The van der Waals surface area contributed by atoms with Crippen molar-refractivity contribution in [3.63, 3.8) is 0 Å². The number of hydrogen-bond acceptors (Lipinski definition) is 4. The van der Waals surface area contributed by atoms with Crippen LogP contribution >= 0.6 is 7.82 Å². The summed E-state index contributed by atoms with van der Waals surface area (Å²) in [6.45, 7) is 2.41. The van der Waals surface area contributed by atoms with Crippen LogP contribution in [0.25, 0.3) is 0 Å². The first kappa shape index (κ1) is 21.2. The van der Waals surface area contributed by atoms with Crippen molar-refractivity contribution in [1.82, 2.24) is 0 Å². The Morgan fingerprint density at radius 2 is 1.24 bits per heavy atom. The lowest BCUT2D eigenvalue weighted by molar-refractivity contribution is 0.194. The van der Waals surface area contributed by atoms with E-state index in [1.807, 2.05) is 54.6 Å². The van der Waals surface area contributed by atoms with Crippen LogP contribution in [0.4, 0.5) is 0 Å². The van der Waals surface area contributed by atoms with E-state index >= 15 is 0 Å². The van der Waals surface area contributed by atoms with Crippen molar-refractivity contribution in [2.45, 2.75) is 32.1 Å². The normalized spacial score (nSPS) is 12.3. The number of benzene rings is 3. The Labute approximate surface area is 173 Å². The first-order valence-electron chi connectivity index (χ1n) is 9.97. The van der Waals surface area contributed by atoms with Gasteiger partial charge in [0.25, 0.3) is 0 Å². The highest BCUT2D eigenvalue weighted by atomic mass is 31.2. The minimum atomic E-state index is -3.87. The van der Waals surface area contributed by atoms with E-state index < -0.39 is 7.82 Å². The van der Waals surface area contributed by atoms with Crippen molar-refractivity contribution in [3.8, 4) is 11.5 Å². The lowest BCUT2D eigenvalue weighted by atomic mass is 9.95. The highest BCUT2D eigenvalue weighted by molar-refractivity contribution is 7.49. The van der Waals surface area contributed by atoms with Gasteiger partial charge in [-0.3, -0.25) is 4.52 Å². The lowest BCUT2D eigenvalue weighted by Crippen LogP contribution is -2.12. The van der Waals surface area contributed by atoms with Gasteiger partial charge in [0.1, 0.15) is 11.5 Å². The van der Waals surface area contributed by atoms with E-state index in [9.17, 15) is 4.57 Å². The third-order valence-corrected chi connectivity index (χ3v) is 5.87. The van der Waals surface area contributed by atoms with Gasteiger partial charge in [0.2, 0.25) is 0 Å². The summed E-state index contributed by atoms with van der Waals surface area (Å²) in [6.07, 6.45) is 3.09. The maximum atomic E-state index is 13.5. The van der Waals surface area contributed by atoms with Crippen LogP contribution in [0.3, 0.4) is 0 Å². The topological polar surface area (TPSA) is 44.8 Å². The zero-order valence-electron chi connectivity index (χ0n) is 16.6. The second-order valence-electron chi connectivity index (χ2n) is 6.80. The molecule has 3 aromatic rings. The van der Waals surface area contributed by atoms with Crippen molar-refractivity contribution in [1.29, 1.82) is 0 Å². The maximum absolute atomic E-state index is 13.5. The van der Waals surface area contributed by atoms with Gasteiger partial charge in [0, 0.05) is 5.92 Å². The van der Waals surface area contributed by atoms with Crippen molar-refractivity contribution in [3.05, 3.63) is 96.6 Å². The zero-order chi connectivity index (χ0) is 20.4. The van der Waals surface area contributed by atoms with Gasteiger partial charge in [0.15, 0.2) is 0 Å². The van der Waals surface area contributed by atoms with Gasteiger partial charge < -0.3 is 9.05 Å². The van der Waals surface area contributed by atoms with Crippen LogP contribution in [0, 0.1) is 0 Å². The third-order valence-electron chi connectivity index (χ3n) is 4.53. The largest absolute Gasteiger partial charge is 0.587 e. The summed E-state index contributed by atoms with van der Waals surface area (Å²) in [5.41, 5.74) is 1.16. The van der Waals surface area contributed by atoms with Gasteiger partial charge in [-0.15, -0.1) is 0 Å². The molecule has 3 aromatic carbocycles. The van der Waals surface area contributed by atoms with Gasteiger partial charge in [-0.2, -0.15) is 0 Å². The van der Waals surface area contributed by atoms with E-state index in [0.29, 0.717) is 11.5 Å². The molecule has 1 atom stereocenters. The van der Waals surface area contributed by atoms with Crippen LogP contribution in [-0.2, 0) is 9.09 Å². The van der Waals surface area contributed by atoms with Crippen LogP contribution in [0.5, 0.6) is 11.5 Å². The predicted molar refractivity (Wildman–Crippen MR) is 116 cm³/mol. The van der Waals surface area contributed by atoms with Gasteiger partial charge in [-0.1, -0.05) is 86.5 Å². The Morgan fingerprint density at radius 1 is 0.759 bits per heavy atom. The summed E-state index contributed by atoms with van der Waals surface area (Å²) < 4.78 is 30.8. The molecule has 0 amide bonds. The van der Waals surface area contributed by atoms with E-state index in [4.69, 9.17) is 13.6 Å². The minimum absolute atomic E-state index is 0.114. The van der Waals surface area contributed by atoms with E-state index in [1.165, 1.54) is 0 Å². The molecule has 0 fully saturated rings. The van der Waals surface area contributed by atoms with Gasteiger partial charge in [-0.25, -0.2) is 4.57 Å². The summed E-state index contributed by atoms with van der Waals surface area (Å²) in [5.74, 6) is 0.997. The summed E-state index contributed by atoms with van der Waals surface area (Å²) in [5, 5.41) is 0. The third kappa shape index (κ3) is 6.77. The molecule has 0 saturated carbocycles. The van der Waals surface area contributed by atoms with Gasteiger partial charge in [-0.05, 0) is 36.2 Å².